The van der Waals surface area contributed by atoms with Gasteiger partial charge < -0.3 is 5.73 Å². The van der Waals surface area contributed by atoms with Gasteiger partial charge in [0.25, 0.3) is 0 Å². The van der Waals surface area contributed by atoms with Gasteiger partial charge >= 0.3 is 6.18 Å². The number of nitrogens with zero attached hydrogens (tertiary/aromatic N) is 2. The van der Waals surface area contributed by atoms with Crippen LogP contribution in [0, 0.1) is 0 Å². The van der Waals surface area contributed by atoms with Crippen molar-refractivity contribution in [1.29, 1.82) is 0 Å². The van der Waals surface area contributed by atoms with E-state index in [4.69, 9.17) is 5.73 Å². The lowest BCUT2D eigenvalue weighted by atomic mass is 10.1. The molecule has 6 heteroatoms. The van der Waals surface area contributed by atoms with E-state index in [1.165, 1.54) is 12.1 Å². The Bertz CT molecular complexity index is 454. The maximum absolute atomic E-state index is 12.7. The fourth-order valence-electron chi connectivity index (χ4n) is 2.62. The second-order valence-corrected chi connectivity index (χ2v) is 5.59. The molecule has 1 aromatic rings. The lowest BCUT2D eigenvalue weighted by molar-refractivity contribution is -0.137. The Labute approximate surface area is 123 Å². The molecule has 1 heterocycles. The van der Waals surface area contributed by atoms with Gasteiger partial charge in [-0.15, -0.1) is 0 Å². The van der Waals surface area contributed by atoms with Gasteiger partial charge in [0.15, 0.2) is 0 Å². The predicted molar refractivity (Wildman–Crippen MR) is 76.8 cm³/mol. The lowest BCUT2D eigenvalue weighted by Gasteiger charge is -2.37. The zero-order valence-electron chi connectivity index (χ0n) is 12.2. The summed E-state index contributed by atoms with van der Waals surface area (Å²) in [4.78, 5) is 4.51. The molecule has 0 aliphatic carbocycles. The standard InChI is InChI=1S/C15H22F3N3/c1-12(10-19)21-7-5-20(6-8-21)11-13-3-2-4-14(9-13)15(16,17)18/h2-4,9,12H,5-8,10-11,19H2,1H3. The zero-order chi connectivity index (χ0) is 15.5. The van der Waals surface area contributed by atoms with Crippen LogP contribution in [0.15, 0.2) is 24.3 Å². The van der Waals surface area contributed by atoms with Crippen molar-refractivity contribution in [3.05, 3.63) is 35.4 Å². The summed E-state index contributed by atoms with van der Waals surface area (Å²) >= 11 is 0. The van der Waals surface area contributed by atoms with E-state index >= 15 is 0 Å². The smallest absolute Gasteiger partial charge is 0.329 e. The van der Waals surface area contributed by atoms with Crippen LogP contribution < -0.4 is 5.73 Å². The van der Waals surface area contributed by atoms with E-state index in [0.29, 0.717) is 24.7 Å². The summed E-state index contributed by atoms with van der Waals surface area (Å²) in [5, 5.41) is 0. The van der Waals surface area contributed by atoms with Gasteiger partial charge in [0, 0.05) is 45.3 Å². The molecule has 1 aliphatic rings. The fraction of sp³-hybridized carbons (Fsp3) is 0.600. The van der Waals surface area contributed by atoms with Crippen molar-refractivity contribution in [2.75, 3.05) is 32.7 Å². The van der Waals surface area contributed by atoms with Gasteiger partial charge in [-0.3, -0.25) is 9.80 Å². The number of alkyl halides is 3. The first-order valence-corrected chi connectivity index (χ1v) is 7.23. The molecule has 0 radical (unpaired) electrons. The molecule has 0 spiro atoms. The Morgan fingerprint density at radius 1 is 1.19 bits per heavy atom. The molecule has 0 aromatic heterocycles. The van der Waals surface area contributed by atoms with E-state index in [1.807, 2.05) is 0 Å². The van der Waals surface area contributed by atoms with Crippen molar-refractivity contribution in [3.8, 4) is 0 Å². The Morgan fingerprint density at radius 2 is 1.86 bits per heavy atom. The minimum atomic E-state index is -4.27. The van der Waals surface area contributed by atoms with E-state index in [0.717, 1.165) is 32.2 Å². The molecular formula is C15H22F3N3. The van der Waals surface area contributed by atoms with E-state index in [1.54, 1.807) is 6.07 Å². The van der Waals surface area contributed by atoms with Crippen LogP contribution in [0.5, 0.6) is 0 Å². The van der Waals surface area contributed by atoms with E-state index in [2.05, 4.69) is 16.7 Å². The maximum Gasteiger partial charge on any atom is 0.416 e. The van der Waals surface area contributed by atoms with E-state index in [9.17, 15) is 13.2 Å². The third-order valence-electron chi connectivity index (χ3n) is 4.03. The molecule has 1 aromatic carbocycles. The van der Waals surface area contributed by atoms with Crippen LogP contribution in [0.3, 0.4) is 0 Å². The average Bonchev–Trinajstić information content (AvgIpc) is 2.47. The summed E-state index contributed by atoms with van der Waals surface area (Å²) < 4.78 is 38.1. The topological polar surface area (TPSA) is 32.5 Å². The number of benzene rings is 1. The Hall–Kier alpha value is -1.11. The zero-order valence-corrected chi connectivity index (χ0v) is 12.2. The van der Waals surface area contributed by atoms with Crippen LogP contribution in [-0.4, -0.2) is 48.6 Å². The summed E-state index contributed by atoms with van der Waals surface area (Å²) in [6.07, 6.45) is -4.27. The van der Waals surface area contributed by atoms with Crippen LogP contribution in [0.25, 0.3) is 0 Å². The van der Waals surface area contributed by atoms with Crippen molar-refractivity contribution in [3.63, 3.8) is 0 Å². The highest BCUT2D eigenvalue weighted by molar-refractivity contribution is 5.25. The molecule has 2 rings (SSSR count). The SMILES string of the molecule is CC(CN)N1CCN(Cc2cccc(C(F)(F)F)c2)CC1. The molecule has 21 heavy (non-hydrogen) atoms. The van der Waals surface area contributed by atoms with Crippen molar-refractivity contribution in [2.24, 2.45) is 5.73 Å². The molecule has 1 atom stereocenters. The molecule has 2 N–H and O–H groups in total. The summed E-state index contributed by atoms with van der Waals surface area (Å²) in [6, 6.07) is 5.95. The summed E-state index contributed by atoms with van der Waals surface area (Å²) in [5.74, 6) is 0. The van der Waals surface area contributed by atoms with Crippen molar-refractivity contribution in [1.82, 2.24) is 9.80 Å². The molecule has 1 fully saturated rings. The molecule has 118 valence electrons. The second kappa shape index (κ2) is 6.77. The summed E-state index contributed by atoms with van der Waals surface area (Å²) in [7, 11) is 0. The number of hydrogen-bond acceptors (Lipinski definition) is 3. The number of nitrogens with two attached hydrogens (primary N) is 1. The Balaban J connectivity index is 1.92. The maximum atomic E-state index is 12.7. The van der Waals surface area contributed by atoms with Crippen molar-refractivity contribution in [2.45, 2.75) is 25.7 Å². The molecular weight excluding hydrogens is 279 g/mol. The number of piperazine rings is 1. The van der Waals surface area contributed by atoms with Crippen LogP contribution in [-0.2, 0) is 12.7 Å². The third kappa shape index (κ3) is 4.43. The van der Waals surface area contributed by atoms with Gasteiger partial charge in [-0.05, 0) is 18.6 Å². The largest absolute Gasteiger partial charge is 0.416 e. The summed E-state index contributed by atoms with van der Waals surface area (Å²) in [6.45, 7) is 6.85. The highest BCUT2D eigenvalue weighted by Gasteiger charge is 2.30. The lowest BCUT2D eigenvalue weighted by Crippen LogP contribution is -2.51. The van der Waals surface area contributed by atoms with Crippen molar-refractivity contribution < 1.29 is 13.2 Å². The Kier molecular flexibility index (Phi) is 5.24. The minimum Gasteiger partial charge on any atom is -0.329 e. The van der Waals surface area contributed by atoms with Crippen LogP contribution in [0.2, 0.25) is 0 Å². The predicted octanol–water partition coefficient (Wildman–Crippen LogP) is 2.17. The van der Waals surface area contributed by atoms with Crippen LogP contribution >= 0.6 is 0 Å². The van der Waals surface area contributed by atoms with Gasteiger partial charge in [0.05, 0.1) is 5.56 Å². The molecule has 3 nitrogen and oxygen atoms in total. The quantitative estimate of drug-likeness (QED) is 0.925. The first kappa shape index (κ1) is 16.3. The molecule has 1 aliphatic heterocycles. The van der Waals surface area contributed by atoms with Crippen molar-refractivity contribution >= 4 is 0 Å². The second-order valence-electron chi connectivity index (χ2n) is 5.59. The molecule has 1 saturated heterocycles. The Morgan fingerprint density at radius 3 is 2.43 bits per heavy atom. The molecule has 0 saturated carbocycles. The highest BCUT2D eigenvalue weighted by Crippen LogP contribution is 2.29. The molecule has 0 bridgehead atoms. The molecule has 1 unspecified atom stereocenters. The van der Waals surface area contributed by atoms with Gasteiger partial charge in [-0.2, -0.15) is 13.2 Å². The number of rotatable bonds is 4. The number of hydrogen-bond donors (Lipinski definition) is 1. The monoisotopic (exact) mass is 301 g/mol. The van der Waals surface area contributed by atoms with Gasteiger partial charge in [0.2, 0.25) is 0 Å². The molecule has 0 amide bonds. The van der Waals surface area contributed by atoms with E-state index < -0.39 is 11.7 Å². The highest BCUT2D eigenvalue weighted by atomic mass is 19.4. The van der Waals surface area contributed by atoms with Gasteiger partial charge in [0.1, 0.15) is 0 Å². The summed E-state index contributed by atoms with van der Waals surface area (Å²) in [5.41, 5.74) is 5.80. The van der Waals surface area contributed by atoms with Crippen LogP contribution in [0.1, 0.15) is 18.1 Å². The van der Waals surface area contributed by atoms with Gasteiger partial charge in [-0.1, -0.05) is 18.2 Å². The minimum absolute atomic E-state index is 0.362. The first-order chi connectivity index (χ1) is 9.90. The van der Waals surface area contributed by atoms with Crippen LogP contribution in [0.4, 0.5) is 13.2 Å². The third-order valence-corrected chi connectivity index (χ3v) is 4.03. The van der Waals surface area contributed by atoms with Gasteiger partial charge in [-0.25, -0.2) is 0 Å². The number of halogens is 3. The van der Waals surface area contributed by atoms with E-state index in [-0.39, 0.29) is 0 Å². The average molecular weight is 301 g/mol. The fourth-order valence-corrected chi connectivity index (χ4v) is 2.62. The first-order valence-electron chi connectivity index (χ1n) is 7.23. The normalized spacial score (nSPS) is 19.7.